The molecule has 2 aromatic rings. The summed E-state index contributed by atoms with van der Waals surface area (Å²) in [5, 5.41) is 11.8. The van der Waals surface area contributed by atoms with Crippen LogP contribution in [-0.2, 0) is 22.6 Å². The van der Waals surface area contributed by atoms with E-state index < -0.39 is 12.0 Å². The standard InChI is InChI=1S/C15H17N3O3/c19-14(6-8-18-9-7-16-11-18)17-13(15(20)21)10-12-4-2-1-3-5-12/h1-5,7,9,11,13H,6,8,10H2,(H,17,19)(H,20,21). The molecule has 1 heterocycles. The molecule has 0 saturated heterocycles. The molecule has 0 spiro atoms. The second-order valence-corrected chi connectivity index (χ2v) is 4.70. The number of aromatic nitrogens is 2. The van der Waals surface area contributed by atoms with Crippen LogP contribution in [0.2, 0.25) is 0 Å². The van der Waals surface area contributed by atoms with E-state index in [9.17, 15) is 14.7 Å². The van der Waals surface area contributed by atoms with E-state index in [2.05, 4.69) is 10.3 Å². The maximum Gasteiger partial charge on any atom is 0.326 e. The van der Waals surface area contributed by atoms with Gasteiger partial charge in [-0.3, -0.25) is 4.79 Å². The third kappa shape index (κ3) is 4.76. The number of aryl methyl sites for hydroxylation is 1. The average molecular weight is 287 g/mol. The zero-order valence-corrected chi connectivity index (χ0v) is 11.5. The van der Waals surface area contributed by atoms with Gasteiger partial charge in [0.25, 0.3) is 0 Å². The summed E-state index contributed by atoms with van der Waals surface area (Å²) in [4.78, 5) is 27.0. The van der Waals surface area contributed by atoms with E-state index in [0.29, 0.717) is 6.54 Å². The van der Waals surface area contributed by atoms with Crippen LogP contribution in [0.1, 0.15) is 12.0 Å². The van der Waals surface area contributed by atoms with Crippen molar-refractivity contribution in [1.82, 2.24) is 14.9 Å². The number of imidazole rings is 1. The van der Waals surface area contributed by atoms with Crippen molar-refractivity contribution >= 4 is 11.9 Å². The smallest absolute Gasteiger partial charge is 0.326 e. The summed E-state index contributed by atoms with van der Waals surface area (Å²) in [5.41, 5.74) is 0.875. The number of hydrogen-bond acceptors (Lipinski definition) is 3. The van der Waals surface area contributed by atoms with E-state index in [1.165, 1.54) is 0 Å². The molecule has 0 aliphatic rings. The minimum atomic E-state index is -1.03. The van der Waals surface area contributed by atoms with Crippen molar-refractivity contribution in [3.8, 4) is 0 Å². The van der Waals surface area contributed by atoms with Crippen LogP contribution in [0.3, 0.4) is 0 Å². The van der Waals surface area contributed by atoms with Gasteiger partial charge in [0.15, 0.2) is 0 Å². The molecule has 0 radical (unpaired) electrons. The Labute approximate surface area is 122 Å². The number of carbonyl (C=O) groups is 2. The van der Waals surface area contributed by atoms with E-state index in [4.69, 9.17) is 0 Å². The van der Waals surface area contributed by atoms with E-state index in [-0.39, 0.29) is 18.7 Å². The van der Waals surface area contributed by atoms with Crippen molar-refractivity contribution < 1.29 is 14.7 Å². The molecular formula is C15H17N3O3. The fourth-order valence-electron chi connectivity index (χ4n) is 1.97. The molecule has 1 atom stereocenters. The maximum atomic E-state index is 11.8. The number of nitrogens with one attached hydrogen (secondary N) is 1. The van der Waals surface area contributed by atoms with Gasteiger partial charge in [-0.05, 0) is 5.56 Å². The molecular weight excluding hydrogens is 270 g/mol. The highest BCUT2D eigenvalue weighted by Gasteiger charge is 2.20. The van der Waals surface area contributed by atoms with Crippen LogP contribution in [0.25, 0.3) is 0 Å². The van der Waals surface area contributed by atoms with Crippen LogP contribution in [-0.4, -0.2) is 32.6 Å². The van der Waals surface area contributed by atoms with Gasteiger partial charge in [0, 0.05) is 31.8 Å². The fraction of sp³-hybridized carbons (Fsp3) is 0.267. The summed E-state index contributed by atoms with van der Waals surface area (Å²) < 4.78 is 1.77. The molecule has 2 N–H and O–H groups in total. The molecule has 0 aliphatic carbocycles. The van der Waals surface area contributed by atoms with Crippen molar-refractivity contribution in [2.24, 2.45) is 0 Å². The van der Waals surface area contributed by atoms with Crippen molar-refractivity contribution in [2.75, 3.05) is 0 Å². The normalized spacial score (nSPS) is 11.8. The number of carboxylic acid groups (broad SMARTS) is 1. The average Bonchev–Trinajstić information content (AvgIpc) is 2.99. The Hall–Kier alpha value is -2.63. The number of carboxylic acids is 1. The van der Waals surface area contributed by atoms with E-state index in [0.717, 1.165) is 5.56 Å². The number of carbonyl (C=O) groups excluding carboxylic acids is 1. The summed E-state index contributed by atoms with van der Waals surface area (Å²) in [5.74, 6) is -1.32. The zero-order chi connectivity index (χ0) is 15.1. The summed E-state index contributed by atoms with van der Waals surface area (Å²) >= 11 is 0. The van der Waals surface area contributed by atoms with Crippen LogP contribution in [0.5, 0.6) is 0 Å². The minimum Gasteiger partial charge on any atom is -0.480 e. The monoisotopic (exact) mass is 287 g/mol. The van der Waals surface area contributed by atoms with Gasteiger partial charge in [0.1, 0.15) is 6.04 Å². The molecule has 6 heteroatoms. The molecule has 110 valence electrons. The third-order valence-corrected chi connectivity index (χ3v) is 3.07. The van der Waals surface area contributed by atoms with Gasteiger partial charge >= 0.3 is 5.97 Å². The van der Waals surface area contributed by atoms with Crippen molar-refractivity contribution in [3.63, 3.8) is 0 Å². The van der Waals surface area contributed by atoms with Gasteiger partial charge in [0.05, 0.1) is 6.33 Å². The first-order valence-corrected chi connectivity index (χ1v) is 6.67. The Balaban J connectivity index is 1.87. The Morgan fingerprint density at radius 2 is 2.05 bits per heavy atom. The summed E-state index contributed by atoms with van der Waals surface area (Å²) in [6, 6.07) is 8.32. The first-order valence-electron chi connectivity index (χ1n) is 6.67. The Kier molecular flexibility index (Phi) is 5.09. The predicted molar refractivity (Wildman–Crippen MR) is 76.6 cm³/mol. The molecule has 1 amide bonds. The molecule has 21 heavy (non-hydrogen) atoms. The van der Waals surface area contributed by atoms with Gasteiger partial charge in [-0.1, -0.05) is 30.3 Å². The third-order valence-electron chi connectivity index (χ3n) is 3.07. The second kappa shape index (κ2) is 7.23. The Morgan fingerprint density at radius 3 is 2.67 bits per heavy atom. The van der Waals surface area contributed by atoms with Crippen LogP contribution < -0.4 is 5.32 Å². The highest BCUT2D eigenvalue weighted by atomic mass is 16.4. The molecule has 1 aromatic carbocycles. The van der Waals surface area contributed by atoms with Gasteiger partial charge in [-0.25, -0.2) is 9.78 Å². The van der Waals surface area contributed by atoms with Gasteiger partial charge < -0.3 is 15.0 Å². The van der Waals surface area contributed by atoms with Gasteiger partial charge in [-0.15, -0.1) is 0 Å². The second-order valence-electron chi connectivity index (χ2n) is 4.70. The topological polar surface area (TPSA) is 84.2 Å². The SMILES string of the molecule is O=C(CCn1ccnc1)NC(Cc1ccccc1)C(=O)O. The first-order chi connectivity index (χ1) is 10.1. The molecule has 0 bridgehead atoms. The van der Waals surface area contributed by atoms with E-state index >= 15 is 0 Å². The highest BCUT2D eigenvalue weighted by molar-refractivity contribution is 5.83. The fourth-order valence-corrected chi connectivity index (χ4v) is 1.97. The van der Waals surface area contributed by atoms with Crippen LogP contribution in [0.15, 0.2) is 49.1 Å². The lowest BCUT2D eigenvalue weighted by atomic mass is 10.1. The Morgan fingerprint density at radius 1 is 1.29 bits per heavy atom. The molecule has 6 nitrogen and oxygen atoms in total. The number of benzene rings is 1. The number of nitrogens with zero attached hydrogens (tertiary/aromatic N) is 2. The zero-order valence-electron chi connectivity index (χ0n) is 11.5. The van der Waals surface area contributed by atoms with Crippen molar-refractivity contribution in [1.29, 1.82) is 0 Å². The summed E-state index contributed by atoms with van der Waals surface area (Å²) in [6.45, 7) is 0.476. The van der Waals surface area contributed by atoms with Crippen LogP contribution in [0, 0.1) is 0 Å². The molecule has 1 aromatic heterocycles. The predicted octanol–water partition coefficient (Wildman–Crippen LogP) is 1.09. The maximum absolute atomic E-state index is 11.8. The minimum absolute atomic E-state index is 0.217. The van der Waals surface area contributed by atoms with Crippen LogP contribution >= 0.6 is 0 Å². The lowest BCUT2D eigenvalue weighted by Crippen LogP contribution is -2.42. The first kappa shape index (κ1) is 14.8. The number of amides is 1. The lowest BCUT2D eigenvalue weighted by Gasteiger charge is -2.14. The number of aliphatic carboxylic acids is 1. The number of hydrogen-bond donors (Lipinski definition) is 2. The number of rotatable bonds is 7. The molecule has 0 saturated carbocycles. The van der Waals surface area contributed by atoms with Crippen molar-refractivity contribution in [2.45, 2.75) is 25.4 Å². The summed E-state index contributed by atoms with van der Waals surface area (Å²) in [6.07, 6.45) is 5.49. The molecule has 0 aliphatic heterocycles. The lowest BCUT2D eigenvalue weighted by molar-refractivity contribution is -0.141. The highest BCUT2D eigenvalue weighted by Crippen LogP contribution is 2.04. The Bertz CT molecular complexity index is 581. The molecule has 2 rings (SSSR count). The van der Waals surface area contributed by atoms with Crippen molar-refractivity contribution in [3.05, 3.63) is 54.6 Å². The largest absolute Gasteiger partial charge is 0.480 e. The summed E-state index contributed by atoms with van der Waals surface area (Å²) in [7, 11) is 0. The van der Waals surface area contributed by atoms with E-state index in [1.54, 1.807) is 23.3 Å². The van der Waals surface area contributed by atoms with Crippen LogP contribution in [0.4, 0.5) is 0 Å². The van der Waals surface area contributed by atoms with E-state index in [1.807, 2.05) is 30.3 Å². The quantitative estimate of drug-likeness (QED) is 0.798. The molecule has 0 fully saturated rings. The van der Waals surface area contributed by atoms with Gasteiger partial charge in [-0.2, -0.15) is 0 Å². The molecule has 1 unspecified atom stereocenters. The van der Waals surface area contributed by atoms with Gasteiger partial charge in [0.2, 0.25) is 5.91 Å².